The summed E-state index contributed by atoms with van der Waals surface area (Å²) < 4.78 is 26.2. The molecule has 2 heterocycles. The van der Waals surface area contributed by atoms with Crippen LogP contribution in [0.5, 0.6) is 0 Å². The third-order valence-electron chi connectivity index (χ3n) is 11.3. The maximum Gasteiger partial charge on any atom is 0.313 e. The lowest BCUT2D eigenvalue weighted by Crippen LogP contribution is -2.58. The molecule has 1 aliphatic heterocycles. The van der Waals surface area contributed by atoms with Crippen molar-refractivity contribution in [2.24, 2.45) is 11.7 Å². The summed E-state index contributed by atoms with van der Waals surface area (Å²) in [5.41, 5.74) is 7.99. The molecule has 0 spiro atoms. The van der Waals surface area contributed by atoms with Crippen LogP contribution in [0.25, 0.3) is 0 Å². The number of nitrogens with two attached hydrogens (primary N) is 1. The highest BCUT2D eigenvalue weighted by molar-refractivity contribution is 7.09. The Balaban J connectivity index is 1.55. The minimum atomic E-state index is -0.767. The van der Waals surface area contributed by atoms with Crippen molar-refractivity contribution in [2.45, 2.75) is 142 Å². The predicted octanol–water partition coefficient (Wildman–Crippen LogP) is 6.06. The Bertz CT molecular complexity index is 1690. The van der Waals surface area contributed by atoms with Crippen molar-refractivity contribution in [1.29, 1.82) is 0 Å². The van der Waals surface area contributed by atoms with Gasteiger partial charge in [-0.05, 0) is 95.1 Å². The summed E-state index contributed by atoms with van der Waals surface area (Å²) in [4.78, 5) is 63.8. The number of carbonyl (C=O) groups excluding carboxylic acids is 4. The third-order valence-corrected chi connectivity index (χ3v) is 12.2. The summed E-state index contributed by atoms with van der Waals surface area (Å²) >= 11 is 1.31. The van der Waals surface area contributed by atoms with E-state index in [1.807, 2.05) is 46.6 Å². The van der Waals surface area contributed by atoms with Crippen LogP contribution >= 0.6 is 11.3 Å². The lowest BCUT2D eigenvalue weighted by Gasteiger charge is -2.39. The summed E-state index contributed by atoms with van der Waals surface area (Å²) in [7, 11) is 1.96. The van der Waals surface area contributed by atoms with Gasteiger partial charge in [-0.3, -0.25) is 24.1 Å². The van der Waals surface area contributed by atoms with E-state index in [-0.39, 0.29) is 42.4 Å². The highest BCUT2D eigenvalue weighted by atomic mass is 32.1. The van der Waals surface area contributed by atoms with Gasteiger partial charge < -0.3 is 30.7 Å². The lowest BCUT2D eigenvalue weighted by molar-refractivity contribution is -0.150. The number of likely N-dealkylation sites (N-methyl/N-ethyl adjacent to an activating group) is 1. The minimum Gasteiger partial charge on any atom is -0.461 e. The molecule has 0 radical (unpaired) electrons. The lowest BCUT2D eigenvalue weighted by atomic mass is 9.80. The Hall–Kier alpha value is -3.72. The summed E-state index contributed by atoms with van der Waals surface area (Å²) in [6.07, 6.45) is 4.92. The number of fused-ring (bicyclic) bond motifs is 1. The van der Waals surface area contributed by atoms with Crippen LogP contribution in [-0.4, -0.2) is 102 Å². The number of ether oxygens (including phenoxy) is 2. The van der Waals surface area contributed by atoms with Crippen molar-refractivity contribution in [1.82, 2.24) is 25.4 Å². The van der Waals surface area contributed by atoms with Gasteiger partial charge in [-0.1, -0.05) is 58.8 Å². The first-order valence-electron chi connectivity index (χ1n) is 20.8. The second kappa shape index (κ2) is 21.9. The number of halogens is 1. The number of amides is 3. The first-order valence-corrected chi connectivity index (χ1v) is 21.6. The Labute approximate surface area is 342 Å². The van der Waals surface area contributed by atoms with Crippen molar-refractivity contribution in [3.05, 3.63) is 63.4 Å². The van der Waals surface area contributed by atoms with Gasteiger partial charge in [0.1, 0.15) is 34.8 Å². The molecular weight excluding hydrogens is 748 g/mol. The van der Waals surface area contributed by atoms with E-state index in [9.17, 15) is 23.6 Å². The molecule has 1 fully saturated rings. The van der Waals surface area contributed by atoms with Crippen LogP contribution in [0.15, 0.2) is 35.7 Å². The first-order chi connectivity index (χ1) is 27.2. The monoisotopic (exact) mass is 812 g/mol. The molecule has 0 saturated carbocycles. The molecule has 2 unspecified atom stereocenters. The Morgan fingerprint density at radius 3 is 2.56 bits per heavy atom. The summed E-state index contributed by atoms with van der Waals surface area (Å²) in [5.74, 6) is -2.48. The number of hydrogen-bond acceptors (Lipinski definition) is 10. The largest absolute Gasteiger partial charge is 0.461 e. The topological polar surface area (TPSA) is 156 Å². The molecule has 14 heteroatoms. The smallest absolute Gasteiger partial charge is 0.313 e. The SMILES string of the molecule is C=C(C)[C@@H](C[C@@H](OCCC)c1nc(C(=O)NC2Cc3ccc(F)cc3[C@H](C(=O)OC(C)CN)C2)cs1)N(CCC)C(=O)[C@@H](NC(=O)[C@H]1CCCCN1C)[C@@H](C)CC. The molecule has 0 bridgehead atoms. The molecule has 2 aliphatic rings. The maximum absolute atomic E-state index is 14.6. The van der Waals surface area contributed by atoms with Gasteiger partial charge in [0, 0.05) is 37.5 Å². The van der Waals surface area contributed by atoms with Gasteiger partial charge in [-0.2, -0.15) is 0 Å². The minimum absolute atomic E-state index is 0.0955. The molecule has 4 rings (SSSR count). The zero-order valence-electron chi connectivity index (χ0n) is 35.0. The summed E-state index contributed by atoms with van der Waals surface area (Å²) in [5, 5.41) is 8.50. The molecule has 316 valence electrons. The summed E-state index contributed by atoms with van der Waals surface area (Å²) in [6, 6.07) is 2.53. The fraction of sp³-hybridized carbons (Fsp3) is 0.651. The average Bonchev–Trinajstić information content (AvgIpc) is 3.69. The normalized spacial score (nSPS) is 21.0. The standard InChI is InChI=1S/C43H65FN6O6S/c1-9-17-50(42(53)38(27(6)11-3)48-40(52)35-14-12-13-18-49(35)8)36(26(4)5)23-37(55-19-10-2)41-47-34(25-57-41)39(51)46-31-20-29-15-16-30(44)21-32(29)33(22-31)43(54)56-28(7)24-45/h15-16,21,25,27-28,31,33,35-38H,4,9-14,17-20,22-24,45H2,1-3,5-8H3,(H,46,51)(H,48,52)/t27-,28?,31?,33+,35+,36+,37+,38-/m0/s1. The van der Waals surface area contributed by atoms with E-state index in [1.165, 1.54) is 23.5 Å². The first kappa shape index (κ1) is 46.0. The van der Waals surface area contributed by atoms with Crippen molar-refractivity contribution in [2.75, 3.05) is 33.3 Å². The van der Waals surface area contributed by atoms with Gasteiger partial charge in [0.25, 0.3) is 5.91 Å². The number of thiazole rings is 1. The number of likely N-dealkylation sites (tertiary alicyclic amines) is 1. The van der Waals surface area contributed by atoms with Crippen LogP contribution in [0, 0.1) is 11.7 Å². The molecule has 12 nitrogen and oxygen atoms in total. The molecule has 8 atom stereocenters. The quantitative estimate of drug-likeness (QED) is 0.107. The zero-order valence-corrected chi connectivity index (χ0v) is 35.8. The van der Waals surface area contributed by atoms with Crippen LogP contribution in [0.3, 0.4) is 0 Å². The van der Waals surface area contributed by atoms with Gasteiger partial charge in [-0.25, -0.2) is 9.37 Å². The van der Waals surface area contributed by atoms with E-state index in [1.54, 1.807) is 18.4 Å². The average molecular weight is 813 g/mol. The second-order valence-corrected chi connectivity index (χ2v) is 16.8. The second-order valence-electron chi connectivity index (χ2n) is 15.9. The van der Waals surface area contributed by atoms with E-state index >= 15 is 0 Å². The highest BCUT2D eigenvalue weighted by Crippen LogP contribution is 2.35. The van der Waals surface area contributed by atoms with Gasteiger partial charge in [0.05, 0.1) is 18.0 Å². The van der Waals surface area contributed by atoms with Gasteiger partial charge in [-0.15, -0.1) is 11.3 Å². The van der Waals surface area contributed by atoms with Crippen molar-refractivity contribution in [3.8, 4) is 0 Å². The van der Waals surface area contributed by atoms with Crippen LogP contribution < -0.4 is 16.4 Å². The van der Waals surface area contributed by atoms with Crippen LogP contribution in [0.1, 0.15) is 132 Å². The Morgan fingerprint density at radius 2 is 1.91 bits per heavy atom. The third kappa shape index (κ3) is 12.2. The van der Waals surface area contributed by atoms with Gasteiger partial charge >= 0.3 is 5.97 Å². The van der Waals surface area contributed by atoms with E-state index in [0.29, 0.717) is 49.4 Å². The van der Waals surface area contributed by atoms with Crippen LogP contribution in [0.2, 0.25) is 0 Å². The van der Waals surface area contributed by atoms with Gasteiger partial charge in [0.15, 0.2) is 0 Å². The number of hydrogen-bond donors (Lipinski definition) is 3. The van der Waals surface area contributed by atoms with Crippen molar-refractivity contribution < 1.29 is 33.0 Å². The number of aromatic nitrogens is 1. The van der Waals surface area contributed by atoms with E-state index < -0.39 is 53.9 Å². The summed E-state index contributed by atoms with van der Waals surface area (Å²) in [6.45, 7) is 17.9. The highest BCUT2D eigenvalue weighted by Gasteiger charge is 2.38. The predicted molar refractivity (Wildman–Crippen MR) is 221 cm³/mol. The van der Waals surface area contributed by atoms with Crippen LogP contribution in [-0.2, 0) is 30.3 Å². The molecule has 57 heavy (non-hydrogen) atoms. The molecule has 1 aliphatic carbocycles. The molecule has 1 aromatic heterocycles. The van der Waals surface area contributed by atoms with E-state index in [0.717, 1.165) is 43.4 Å². The molecule has 1 saturated heterocycles. The van der Waals surface area contributed by atoms with Crippen LogP contribution in [0.4, 0.5) is 4.39 Å². The number of nitrogens with one attached hydrogen (secondary N) is 2. The Kier molecular flexibility index (Phi) is 17.6. The number of nitrogens with zero attached hydrogens (tertiary/aromatic N) is 3. The fourth-order valence-electron chi connectivity index (χ4n) is 7.77. The van der Waals surface area contributed by atoms with Gasteiger partial charge in [0.2, 0.25) is 11.8 Å². The number of benzene rings is 1. The number of rotatable bonds is 20. The number of carbonyl (C=O) groups is 4. The van der Waals surface area contributed by atoms with E-state index in [4.69, 9.17) is 20.2 Å². The molecule has 4 N–H and O–H groups in total. The van der Waals surface area contributed by atoms with E-state index in [2.05, 4.69) is 22.1 Å². The van der Waals surface area contributed by atoms with Crippen molar-refractivity contribution in [3.63, 3.8) is 0 Å². The Morgan fingerprint density at radius 1 is 1.16 bits per heavy atom. The molecule has 3 amide bonds. The zero-order chi connectivity index (χ0) is 41.8. The maximum atomic E-state index is 14.6. The molecular formula is C43H65FN6O6S. The van der Waals surface area contributed by atoms with Crippen molar-refractivity contribution >= 4 is 35.0 Å². The fourth-order valence-corrected chi connectivity index (χ4v) is 8.63. The number of piperidine rings is 1. The molecule has 2 aromatic rings. The number of esters is 1. The molecule has 1 aromatic carbocycles.